The van der Waals surface area contributed by atoms with Crippen LogP contribution in [0.1, 0.15) is 53.8 Å². The molecule has 5 nitrogen and oxygen atoms in total. The summed E-state index contributed by atoms with van der Waals surface area (Å²) in [4.78, 5) is 28.8. The van der Waals surface area contributed by atoms with Gasteiger partial charge < -0.3 is 10.0 Å². The van der Waals surface area contributed by atoms with Crippen LogP contribution in [0.3, 0.4) is 0 Å². The maximum atomic E-state index is 11.4. The first-order chi connectivity index (χ1) is 8.51. The van der Waals surface area contributed by atoms with Crippen molar-refractivity contribution in [1.29, 1.82) is 0 Å². The molecule has 1 N–H and O–H groups in total. The highest BCUT2D eigenvalue weighted by Crippen LogP contribution is 2.27. The van der Waals surface area contributed by atoms with Crippen molar-refractivity contribution in [2.75, 3.05) is 18.0 Å². The van der Waals surface area contributed by atoms with Gasteiger partial charge in [-0.1, -0.05) is 24.7 Å². The quantitative estimate of drug-likeness (QED) is 0.771. The Hall–Kier alpha value is -1.43. The Morgan fingerprint density at radius 3 is 2.44 bits per heavy atom. The number of aromatic nitrogens is 1. The summed E-state index contributed by atoms with van der Waals surface area (Å²) in [5.41, 5.74) is -0.127. The third-order valence-corrected chi connectivity index (χ3v) is 3.79. The van der Waals surface area contributed by atoms with Crippen molar-refractivity contribution in [2.24, 2.45) is 0 Å². The summed E-state index contributed by atoms with van der Waals surface area (Å²) < 4.78 is 0. The monoisotopic (exact) mass is 270 g/mol. The van der Waals surface area contributed by atoms with Gasteiger partial charge in [-0.25, -0.2) is 9.78 Å². The standard InChI is InChI=1S/C12H18N2O3S/c1-4-6-7-14(5-2)12-13-9(11(16)17)10(18-12)8(3)15/h4-7H2,1-3H3,(H,16,17). The molecule has 0 saturated heterocycles. The highest BCUT2D eigenvalue weighted by Gasteiger charge is 2.22. The number of rotatable bonds is 7. The molecule has 0 aliphatic heterocycles. The number of thiazole rings is 1. The molecule has 100 valence electrons. The zero-order valence-electron chi connectivity index (χ0n) is 10.9. The van der Waals surface area contributed by atoms with Crippen molar-refractivity contribution >= 4 is 28.2 Å². The predicted octanol–water partition coefficient (Wildman–Crippen LogP) is 2.67. The number of carboxylic acids is 1. The lowest BCUT2D eigenvalue weighted by atomic mass is 10.3. The van der Waals surface area contributed by atoms with E-state index in [0.29, 0.717) is 5.13 Å². The van der Waals surface area contributed by atoms with E-state index >= 15 is 0 Å². The molecule has 1 heterocycles. The van der Waals surface area contributed by atoms with Crippen molar-refractivity contribution in [1.82, 2.24) is 4.98 Å². The van der Waals surface area contributed by atoms with Gasteiger partial charge in [-0.15, -0.1) is 0 Å². The molecule has 18 heavy (non-hydrogen) atoms. The van der Waals surface area contributed by atoms with Crippen LogP contribution in [0.15, 0.2) is 0 Å². The van der Waals surface area contributed by atoms with Crippen molar-refractivity contribution in [2.45, 2.75) is 33.6 Å². The molecule has 1 aromatic rings. The molecule has 1 rings (SSSR count). The van der Waals surface area contributed by atoms with Gasteiger partial charge in [0.2, 0.25) is 0 Å². The average molecular weight is 270 g/mol. The minimum absolute atomic E-state index is 0.127. The number of unbranched alkanes of at least 4 members (excludes halogenated alkanes) is 1. The lowest BCUT2D eigenvalue weighted by Crippen LogP contribution is -2.23. The van der Waals surface area contributed by atoms with Crippen molar-refractivity contribution in [3.05, 3.63) is 10.6 Å². The number of ketones is 1. The van der Waals surface area contributed by atoms with Gasteiger partial charge in [-0.3, -0.25) is 4.79 Å². The fraction of sp³-hybridized carbons (Fsp3) is 0.583. The average Bonchev–Trinajstić information content (AvgIpc) is 2.75. The number of carbonyl (C=O) groups excluding carboxylic acids is 1. The summed E-state index contributed by atoms with van der Waals surface area (Å²) in [6, 6.07) is 0. The van der Waals surface area contributed by atoms with E-state index < -0.39 is 5.97 Å². The highest BCUT2D eigenvalue weighted by molar-refractivity contribution is 7.17. The second kappa shape index (κ2) is 6.49. The molecule has 0 saturated carbocycles. The van der Waals surface area contributed by atoms with Crippen LogP contribution in [0, 0.1) is 0 Å². The van der Waals surface area contributed by atoms with E-state index in [1.165, 1.54) is 6.92 Å². The molecule has 0 bridgehead atoms. The third-order valence-electron chi connectivity index (χ3n) is 2.57. The van der Waals surface area contributed by atoms with E-state index in [1.54, 1.807) is 0 Å². The van der Waals surface area contributed by atoms with E-state index in [4.69, 9.17) is 5.11 Å². The van der Waals surface area contributed by atoms with Crippen LogP contribution in [0.2, 0.25) is 0 Å². The van der Waals surface area contributed by atoms with Gasteiger partial charge in [0.15, 0.2) is 16.6 Å². The molecular weight excluding hydrogens is 252 g/mol. The minimum atomic E-state index is -1.14. The van der Waals surface area contributed by atoms with Crippen LogP contribution in [-0.2, 0) is 0 Å². The fourth-order valence-electron chi connectivity index (χ4n) is 1.57. The Labute approximate surface area is 110 Å². The van der Waals surface area contributed by atoms with Crippen LogP contribution >= 0.6 is 11.3 Å². The fourth-order valence-corrected chi connectivity index (χ4v) is 2.61. The van der Waals surface area contributed by atoms with Gasteiger partial charge in [-0.05, 0) is 13.3 Å². The van der Waals surface area contributed by atoms with Gasteiger partial charge in [0.1, 0.15) is 4.88 Å². The predicted molar refractivity (Wildman–Crippen MR) is 71.9 cm³/mol. The number of Topliss-reactive ketones (excluding diaryl/α,β-unsaturated/α-hetero) is 1. The summed E-state index contributed by atoms with van der Waals surface area (Å²) in [5, 5.41) is 9.65. The summed E-state index contributed by atoms with van der Waals surface area (Å²) in [7, 11) is 0. The molecule has 0 aliphatic carbocycles. The van der Waals surface area contributed by atoms with E-state index in [0.717, 1.165) is 37.3 Å². The number of nitrogens with zero attached hydrogens (tertiary/aromatic N) is 2. The summed E-state index contributed by atoms with van der Waals surface area (Å²) in [6.45, 7) is 7.04. The van der Waals surface area contributed by atoms with E-state index in [2.05, 4.69) is 11.9 Å². The molecule has 0 fully saturated rings. The summed E-state index contributed by atoms with van der Waals surface area (Å²) >= 11 is 1.16. The Kier molecular flexibility index (Phi) is 5.27. The summed E-state index contributed by atoms with van der Waals surface area (Å²) in [5.74, 6) is -1.39. The van der Waals surface area contributed by atoms with Gasteiger partial charge in [0.25, 0.3) is 0 Å². The maximum Gasteiger partial charge on any atom is 0.356 e. The molecular formula is C12H18N2O3S. The number of anilines is 1. The zero-order chi connectivity index (χ0) is 13.7. The molecule has 0 amide bonds. The van der Waals surface area contributed by atoms with Crippen molar-refractivity contribution in [3.63, 3.8) is 0 Å². The van der Waals surface area contributed by atoms with Gasteiger partial charge in [0, 0.05) is 20.0 Å². The molecule has 0 aliphatic rings. The number of aromatic carboxylic acids is 1. The lowest BCUT2D eigenvalue weighted by molar-refractivity contribution is 0.0687. The van der Waals surface area contributed by atoms with E-state index in [-0.39, 0.29) is 16.4 Å². The number of carbonyl (C=O) groups is 2. The molecule has 0 radical (unpaired) electrons. The smallest absolute Gasteiger partial charge is 0.356 e. The van der Waals surface area contributed by atoms with Gasteiger partial charge in [-0.2, -0.15) is 0 Å². The molecule has 6 heteroatoms. The lowest BCUT2D eigenvalue weighted by Gasteiger charge is -2.18. The molecule has 0 spiro atoms. The topological polar surface area (TPSA) is 70.5 Å². The zero-order valence-corrected chi connectivity index (χ0v) is 11.7. The second-order valence-electron chi connectivity index (χ2n) is 3.97. The molecule has 0 unspecified atom stereocenters. The van der Waals surface area contributed by atoms with Crippen molar-refractivity contribution < 1.29 is 14.7 Å². The normalized spacial score (nSPS) is 10.4. The number of carboxylic acid groups (broad SMARTS) is 1. The Bertz CT molecular complexity index is 411. The third kappa shape index (κ3) is 3.29. The first-order valence-corrected chi connectivity index (χ1v) is 6.82. The largest absolute Gasteiger partial charge is 0.476 e. The van der Waals surface area contributed by atoms with Crippen LogP contribution in [0.25, 0.3) is 0 Å². The molecule has 0 atom stereocenters. The first kappa shape index (κ1) is 14.6. The van der Waals surface area contributed by atoms with Crippen LogP contribution < -0.4 is 4.90 Å². The van der Waals surface area contributed by atoms with Gasteiger partial charge >= 0.3 is 5.97 Å². The van der Waals surface area contributed by atoms with Crippen LogP contribution in [-0.4, -0.2) is 34.9 Å². The Morgan fingerprint density at radius 2 is 2.06 bits per heavy atom. The SMILES string of the molecule is CCCCN(CC)c1nc(C(=O)O)c(C(C)=O)s1. The molecule has 0 aromatic carbocycles. The second-order valence-corrected chi connectivity index (χ2v) is 4.95. The molecule has 1 aromatic heterocycles. The van der Waals surface area contributed by atoms with Gasteiger partial charge in [0.05, 0.1) is 0 Å². The number of hydrogen-bond donors (Lipinski definition) is 1. The Balaban J connectivity index is 3.05. The maximum absolute atomic E-state index is 11.4. The first-order valence-electron chi connectivity index (χ1n) is 6.01. The van der Waals surface area contributed by atoms with E-state index in [1.807, 2.05) is 11.8 Å². The van der Waals surface area contributed by atoms with Crippen LogP contribution in [0.5, 0.6) is 0 Å². The van der Waals surface area contributed by atoms with Crippen LogP contribution in [0.4, 0.5) is 5.13 Å². The summed E-state index contributed by atoms with van der Waals surface area (Å²) in [6.07, 6.45) is 2.08. The highest BCUT2D eigenvalue weighted by atomic mass is 32.1. The van der Waals surface area contributed by atoms with Crippen molar-refractivity contribution in [3.8, 4) is 0 Å². The van der Waals surface area contributed by atoms with E-state index in [9.17, 15) is 9.59 Å². The minimum Gasteiger partial charge on any atom is -0.476 e. The Morgan fingerprint density at radius 1 is 1.39 bits per heavy atom. The number of hydrogen-bond acceptors (Lipinski definition) is 5.